The van der Waals surface area contributed by atoms with E-state index < -0.39 is 11.7 Å². The van der Waals surface area contributed by atoms with Gasteiger partial charge in [-0.3, -0.25) is 0 Å². The first-order chi connectivity index (χ1) is 9.94. The number of nitrogens with zero attached hydrogens (tertiary/aromatic N) is 3. The fraction of sp³-hybridized carbons (Fsp3) is 0.143. The number of nitriles is 1. The van der Waals surface area contributed by atoms with Crippen molar-refractivity contribution >= 4 is 11.9 Å². The standard InChI is InChI=1S/C14H11F3N4/c1-2-21-9-11(8-20-21)7-19-13-4-3-10(6-18)5-12(13)14(15,16)17/h2-5,8-9,19H,1,7H2. The third-order valence-corrected chi connectivity index (χ3v) is 2.78. The van der Waals surface area contributed by atoms with Crippen molar-refractivity contribution in [3.8, 4) is 6.07 Å². The summed E-state index contributed by atoms with van der Waals surface area (Å²) < 4.78 is 40.4. The molecule has 1 aromatic heterocycles. The minimum absolute atomic E-state index is 0.0349. The first kappa shape index (κ1) is 14.7. The Kier molecular flexibility index (Phi) is 3.98. The predicted octanol–water partition coefficient (Wildman–Crippen LogP) is 3.49. The molecule has 0 saturated heterocycles. The van der Waals surface area contributed by atoms with Gasteiger partial charge in [0.05, 0.1) is 23.4 Å². The molecule has 7 heteroatoms. The number of rotatable bonds is 4. The van der Waals surface area contributed by atoms with Gasteiger partial charge in [-0.2, -0.15) is 23.5 Å². The van der Waals surface area contributed by atoms with Crippen LogP contribution in [-0.4, -0.2) is 9.78 Å². The summed E-state index contributed by atoms with van der Waals surface area (Å²) >= 11 is 0. The smallest absolute Gasteiger partial charge is 0.380 e. The molecule has 1 heterocycles. The Morgan fingerprint density at radius 1 is 1.43 bits per heavy atom. The molecule has 0 bridgehead atoms. The fourth-order valence-electron chi connectivity index (χ4n) is 1.77. The van der Waals surface area contributed by atoms with Gasteiger partial charge in [0, 0.05) is 30.2 Å². The SMILES string of the molecule is C=Cn1cc(CNc2ccc(C#N)cc2C(F)(F)F)cn1. The number of alkyl halides is 3. The quantitative estimate of drug-likeness (QED) is 0.938. The lowest BCUT2D eigenvalue weighted by Gasteiger charge is -2.14. The van der Waals surface area contributed by atoms with Gasteiger partial charge < -0.3 is 5.32 Å². The Labute approximate surface area is 119 Å². The van der Waals surface area contributed by atoms with Gasteiger partial charge in [-0.05, 0) is 18.2 Å². The van der Waals surface area contributed by atoms with E-state index >= 15 is 0 Å². The molecule has 0 aliphatic carbocycles. The maximum atomic E-state index is 13.0. The van der Waals surface area contributed by atoms with E-state index in [2.05, 4.69) is 17.0 Å². The molecular formula is C14H11F3N4. The summed E-state index contributed by atoms with van der Waals surface area (Å²) in [5.74, 6) is 0. The highest BCUT2D eigenvalue weighted by molar-refractivity contribution is 5.56. The number of hydrogen-bond acceptors (Lipinski definition) is 3. The van der Waals surface area contributed by atoms with E-state index in [4.69, 9.17) is 5.26 Å². The first-order valence-corrected chi connectivity index (χ1v) is 5.95. The minimum atomic E-state index is -4.53. The van der Waals surface area contributed by atoms with Crippen LogP contribution in [0.2, 0.25) is 0 Å². The van der Waals surface area contributed by atoms with Gasteiger partial charge in [-0.25, -0.2) is 4.68 Å². The van der Waals surface area contributed by atoms with Crippen molar-refractivity contribution in [2.45, 2.75) is 12.7 Å². The van der Waals surface area contributed by atoms with Crippen LogP contribution < -0.4 is 5.32 Å². The molecule has 2 aromatic rings. The van der Waals surface area contributed by atoms with Crippen LogP contribution in [0.5, 0.6) is 0 Å². The van der Waals surface area contributed by atoms with Crippen molar-refractivity contribution in [1.29, 1.82) is 5.26 Å². The molecule has 0 unspecified atom stereocenters. The topological polar surface area (TPSA) is 53.6 Å². The van der Waals surface area contributed by atoms with Gasteiger partial charge >= 0.3 is 6.18 Å². The molecule has 1 N–H and O–H groups in total. The average Bonchev–Trinajstić information content (AvgIpc) is 2.92. The molecule has 1 aromatic carbocycles. The number of hydrogen-bond donors (Lipinski definition) is 1. The Hall–Kier alpha value is -2.75. The van der Waals surface area contributed by atoms with Gasteiger partial charge in [0.15, 0.2) is 0 Å². The van der Waals surface area contributed by atoms with Gasteiger partial charge in [0.2, 0.25) is 0 Å². The second kappa shape index (κ2) is 5.71. The minimum Gasteiger partial charge on any atom is -0.380 e. The second-order valence-corrected chi connectivity index (χ2v) is 4.23. The molecule has 4 nitrogen and oxygen atoms in total. The van der Waals surface area contributed by atoms with Crippen LogP contribution in [0, 0.1) is 11.3 Å². The van der Waals surface area contributed by atoms with Crippen LogP contribution in [0.3, 0.4) is 0 Å². The first-order valence-electron chi connectivity index (χ1n) is 5.95. The van der Waals surface area contributed by atoms with Crippen molar-refractivity contribution in [2.24, 2.45) is 0 Å². The number of anilines is 1. The molecule has 0 aliphatic heterocycles. The van der Waals surface area contributed by atoms with Crippen molar-refractivity contribution in [3.63, 3.8) is 0 Å². The highest BCUT2D eigenvalue weighted by Gasteiger charge is 2.33. The Morgan fingerprint density at radius 2 is 2.19 bits per heavy atom. The number of halogens is 3. The number of aromatic nitrogens is 2. The molecule has 21 heavy (non-hydrogen) atoms. The van der Waals surface area contributed by atoms with Crippen LogP contribution in [0.1, 0.15) is 16.7 Å². The fourth-order valence-corrected chi connectivity index (χ4v) is 1.77. The molecule has 0 aliphatic rings. The summed E-state index contributed by atoms with van der Waals surface area (Å²) in [7, 11) is 0. The number of benzene rings is 1. The van der Waals surface area contributed by atoms with Gasteiger partial charge in [0.1, 0.15) is 0 Å². The summed E-state index contributed by atoms with van der Waals surface area (Å²) in [6, 6.07) is 5.12. The zero-order valence-corrected chi connectivity index (χ0v) is 10.9. The van der Waals surface area contributed by atoms with Crippen molar-refractivity contribution in [2.75, 3.05) is 5.32 Å². The average molecular weight is 292 g/mol. The van der Waals surface area contributed by atoms with E-state index in [0.717, 1.165) is 6.07 Å². The normalized spacial score (nSPS) is 11.0. The van der Waals surface area contributed by atoms with Crippen molar-refractivity contribution in [1.82, 2.24) is 9.78 Å². The van der Waals surface area contributed by atoms with E-state index in [9.17, 15) is 13.2 Å². The highest BCUT2D eigenvalue weighted by atomic mass is 19.4. The van der Waals surface area contributed by atoms with Crippen LogP contribution in [0.25, 0.3) is 6.20 Å². The lowest BCUT2D eigenvalue weighted by molar-refractivity contribution is -0.137. The van der Waals surface area contributed by atoms with Crippen molar-refractivity contribution < 1.29 is 13.2 Å². The predicted molar refractivity (Wildman–Crippen MR) is 72.1 cm³/mol. The monoisotopic (exact) mass is 292 g/mol. The van der Waals surface area contributed by atoms with Crippen LogP contribution >= 0.6 is 0 Å². The molecular weight excluding hydrogens is 281 g/mol. The van der Waals surface area contributed by atoms with Crippen LogP contribution in [0.4, 0.5) is 18.9 Å². The molecule has 0 spiro atoms. The molecule has 0 amide bonds. The van der Waals surface area contributed by atoms with E-state index in [0.29, 0.717) is 5.56 Å². The molecule has 0 fully saturated rings. The van der Waals surface area contributed by atoms with E-state index in [1.165, 1.54) is 29.2 Å². The van der Waals surface area contributed by atoms with E-state index in [1.54, 1.807) is 12.3 Å². The third-order valence-electron chi connectivity index (χ3n) is 2.78. The molecule has 0 radical (unpaired) electrons. The van der Waals surface area contributed by atoms with Crippen molar-refractivity contribution in [3.05, 3.63) is 53.9 Å². The Bertz CT molecular complexity index is 695. The zero-order valence-electron chi connectivity index (χ0n) is 10.9. The van der Waals surface area contributed by atoms with Crippen LogP contribution in [0.15, 0.2) is 37.2 Å². The lowest BCUT2D eigenvalue weighted by Crippen LogP contribution is -2.11. The summed E-state index contributed by atoms with van der Waals surface area (Å²) in [6.07, 6.45) is 0.134. The van der Waals surface area contributed by atoms with Gasteiger partial charge in [0.25, 0.3) is 0 Å². The summed E-state index contributed by atoms with van der Waals surface area (Å²) in [4.78, 5) is 0. The molecule has 108 valence electrons. The zero-order chi connectivity index (χ0) is 15.5. The summed E-state index contributed by atoms with van der Waals surface area (Å²) in [6.45, 7) is 3.71. The summed E-state index contributed by atoms with van der Waals surface area (Å²) in [5, 5.41) is 15.3. The van der Waals surface area contributed by atoms with Gasteiger partial charge in [-0.1, -0.05) is 6.58 Å². The maximum Gasteiger partial charge on any atom is 0.418 e. The Balaban J connectivity index is 2.23. The van der Waals surface area contributed by atoms with E-state index in [-0.39, 0.29) is 17.8 Å². The number of nitrogens with one attached hydrogen (secondary N) is 1. The highest BCUT2D eigenvalue weighted by Crippen LogP contribution is 2.35. The largest absolute Gasteiger partial charge is 0.418 e. The molecule has 0 saturated carbocycles. The molecule has 2 rings (SSSR count). The third kappa shape index (κ3) is 3.42. The maximum absolute atomic E-state index is 13.0. The lowest BCUT2D eigenvalue weighted by atomic mass is 10.1. The van der Waals surface area contributed by atoms with Crippen LogP contribution in [-0.2, 0) is 12.7 Å². The molecule has 0 atom stereocenters. The Morgan fingerprint density at radius 3 is 2.76 bits per heavy atom. The van der Waals surface area contributed by atoms with E-state index in [1.807, 2.05) is 0 Å². The van der Waals surface area contributed by atoms with Gasteiger partial charge in [-0.15, -0.1) is 0 Å². The summed E-state index contributed by atoms with van der Waals surface area (Å²) in [5.41, 5.74) is -0.259. The second-order valence-electron chi connectivity index (χ2n) is 4.23.